The van der Waals surface area contributed by atoms with E-state index in [1.54, 1.807) is 41.3 Å². The molecule has 5 heteroatoms. The summed E-state index contributed by atoms with van der Waals surface area (Å²) in [5.74, 6) is -0.446. The van der Waals surface area contributed by atoms with Crippen molar-refractivity contribution in [1.82, 2.24) is 4.90 Å². The summed E-state index contributed by atoms with van der Waals surface area (Å²) in [7, 11) is 0. The zero-order valence-corrected chi connectivity index (χ0v) is 12.1. The molecule has 114 valence electrons. The Kier molecular flexibility index (Phi) is 3.96. The molecule has 1 N–H and O–H groups in total. The fourth-order valence-electron chi connectivity index (χ4n) is 2.68. The predicted octanol–water partition coefficient (Wildman–Crippen LogP) is 2.49. The number of para-hydroxylation sites is 2. The van der Waals surface area contributed by atoms with Crippen LogP contribution in [0.2, 0.25) is 0 Å². The molecular weight excluding hydrogens is 283 g/mol. The lowest BCUT2D eigenvalue weighted by Crippen LogP contribution is -2.49. The van der Waals surface area contributed by atoms with Crippen molar-refractivity contribution in [3.8, 4) is 5.75 Å². The Morgan fingerprint density at radius 3 is 2.27 bits per heavy atom. The first kappa shape index (κ1) is 14.4. The molecule has 1 heterocycles. The van der Waals surface area contributed by atoms with Crippen LogP contribution in [0, 0.1) is 5.82 Å². The van der Waals surface area contributed by atoms with Gasteiger partial charge in [-0.25, -0.2) is 4.39 Å². The first-order chi connectivity index (χ1) is 10.7. The first-order valence-corrected chi connectivity index (χ1v) is 7.23. The highest BCUT2D eigenvalue weighted by Crippen LogP contribution is 2.22. The minimum Gasteiger partial charge on any atom is -0.507 e. The van der Waals surface area contributed by atoms with Gasteiger partial charge < -0.3 is 14.9 Å². The minimum atomic E-state index is -0.247. The summed E-state index contributed by atoms with van der Waals surface area (Å²) in [6, 6.07) is 13.2. The average molecular weight is 300 g/mol. The van der Waals surface area contributed by atoms with E-state index in [-0.39, 0.29) is 17.5 Å². The van der Waals surface area contributed by atoms with Gasteiger partial charge in [0.15, 0.2) is 0 Å². The number of aromatic hydroxyl groups is 1. The lowest BCUT2D eigenvalue weighted by molar-refractivity contribution is 0.0743. The zero-order chi connectivity index (χ0) is 15.5. The van der Waals surface area contributed by atoms with Gasteiger partial charge in [0.2, 0.25) is 0 Å². The maximum Gasteiger partial charge on any atom is 0.257 e. The van der Waals surface area contributed by atoms with Gasteiger partial charge >= 0.3 is 0 Å². The summed E-state index contributed by atoms with van der Waals surface area (Å²) in [5.41, 5.74) is 0.874. The molecule has 1 amide bonds. The molecule has 3 rings (SSSR count). The highest BCUT2D eigenvalue weighted by Gasteiger charge is 2.24. The molecule has 0 spiro atoms. The van der Waals surface area contributed by atoms with E-state index in [1.807, 2.05) is 4.90 Å². The van der Waals surface area contributed by atoms with Gasteiger partial charge in [-0.1, -0.05) is 24.3 Å². The number of carbonyl (C=O) groups is 1. The number of amides is 1. The van der Waals surface area contributed by atoms with Crippen molar-refractivity contribution in [3.63, 3.8) is 0 Å². The molecule has 1 aliphatic heterocycles. The van der Waals surface area contributed by atoms with E-state index in [0.29, 0.717) is 37.4 Å². The number of anilines is 1. The van der Waals surface area contributed by atoms with Crippen LogP contribution in [0.1, 0.15) is 10.4 Å². The first-order valence-electron chi connectivity index (χ1n) is 7.23. The van der Waals surface area contributed by atoms with Gasteiger partial charge in [-0.05, 0) is 24.3 Å². The Balaban J connectivity index is 1.68. The number of phenolic OH excluding ortho intramolecular Hbond substituents is 1. The largest absolute Gasteiger partial charge is 0.507 e. The lowest BCUT2D eigenvalue weighted by Gasteiger charge is -2.36. The van der Waals surface area contributed by atoms with Crippen LogP contribution in [0.4, 0.5) is 10.1 Å². The molecular formula is C17H17FN2O2. The van der Waals surface area contributed by atoms with Crippen LogP contribution in [0.5, 0.6) is 5.75 Å². The summed E-state index contributed by atoms with van der Waals surface area (Å²) in [5, 5.41) is 9.77. The van der Waals surface area contributed by atoms with Crippen LogP contribution in [-0.4, -0.2) is 42.1 Å². The maximum atomic E-state index is 13.8. The molecule has 0 saturated carbocycles. The van der Waals surface area contributed by atoms with Gasteiger partial charge in [-0.15, -0.1) is 0 Å². The van der Waals surface area contributed by atoms with E-state index in [4.69, 9.17) is 0 Å². The fourth-order valence-corrected chi connectivity index (χ4v) is 2.68. The second kappa shape index (κ2) is 6.05. The van der Waals surface area contributed by atoms with E-state index in [0.717, 1.165) is 0 Å². The van der Waals surface area contributed by atoms with E-state index < -0.39 is 0 Å². The van der Waals surface area contributed by atoms with Crippen LogP contribution in [0.15, 0.2) is 48.5 Å². The van der Waals surface area contributed by atoms with Gasteiger partial charge in [0, 0.05) is 26.2 Å². The summed E-state index contributed by atoms with van der Waals surface area (Å²) in [6.07, 6.45) is 0. The number of phenols is 1. The smallest absolute Gasteiger partial charge is 0.257 e. The van der Waals surface area contributed by atoms with Crippen molar-refractivity contribution >= 4 is 11.6 Å². The van der Waals surface area contributed by atoms with E-state index in [1.165, 1.54) is 12.1 Å². The SMILES string of the molecule is O=C(c1ccccc1O)N1CCN(c2ccccc2F)CC1. The average Bonchev–Trinajstić information content (AvgIpc) is 2.55. The fraction of sp³-hybridized carbons (Fsp3) is 0.235. The Morgan fingerprint density at radius 2 is 1.59 bits per heavy atom. The third-order valence-corrected chi connectivity index (χ3v) is 3.89. The van der Waals surface area contributed by atoms with E-state index >= 15 is 0 Å². The molecule has 0 unspecified atom stereocenters. The Bertz CT molecular complexity index is 682. The summed E-state index contributed by atoms with van der Waals surface area (Å²) < 4.78 is 13.8. The molecule has 1 saturated heterocycles. The molecule has 0 aromatic heterocycles. The van der Waals surface area contributed by atoms with E-state index in [9.17, 15) is 14.3 Å². The van der Waals surface area contributed by atoms with Crippen LogP contribution < -0.4 is 4.90 Å². The summed E-state index contributed by atoms with van der Waals surface area (Å²) >= 11 is 0. The molecule has 0 radical (unpaired) electrons. The summed E-state index contributed by atoms with van der Waals surface area (Å²) in [6.45, 7) is 2.14. The number of benzene rings is 2. The third kappa shape index (κ3) is 2.74. The number of halogens is 1. The topological polar surface area (TPSA) is 43.8 Å². The number of nitrogens with zero attached hydrogens (tertiary/aromatic N) is 2. The third-order valence-electron chi connectivity index (χ3n) is 3.89. The van der Waals surface area contributed by atoms with Crippen LogP contribution in [-0.2, 0) is 0 Å². The minimum absolute atomic E-state index is 0.0102. The van der Waals surface area contributed by atoms with Gasteiger partial charge in [-0.3, -0.25) is 4.79 Å². The number of rotatable bonds is 2. The van der Waals surface area contributed by atoms with Crippen LogP contribution >= 0.6 is 0 Å². The highest BCUT2D eigenvalue weighted by molar-refractivity contribution is 5.96. The number of hydrogen-bond acceptors (Lipinski definition) is 3. The molecule has 0 atom stereocenters. The quantitative estimate of drug-likeness (QED) is 0.926. The highest BCUT2D eigenvalue weighted by atomic mass is 19.1. The molecule has 0 bridgehead atoms. The van der Waals surface area contributed by atoms with Crippen LogP contribution in [0.25, 0.3) is 0 Å². The standard InChI is InChI=1S/C17H17FN2O2/c18-14-6-2-3-7-15(14)19-9-11-20(12-10-19)17(22)13-5-1-4-8-16(13)21/h1-8,21H,9-12H2. The molecule has 22 heavy (non-hydrogen) atoms. The Hall–Kier alpha value is -2.56. The van der Waals surface area contributed by atoms with Crippen molar-refractivity contribution < 1.29 is 14.3 Å². The Labute approximate surface area is 128 Å². The molecule has 2 aromatic rings. The van der Waals surface area contributed by atoms with Crippen LogP contribution in [0.3, 0.4) is 0 Å². The molecule has 0 aliphatic carbocycles. The molecule has 2 aromatic carbocycles. The number of carbonyl (C=O) groups excluding carboxylic acids is 1. The van der Waals surface area contributed by atoms with Crippen molar-refractivity contribution in [3.05, 3.63) is 59.9 Å². The second-order valence-corrected chi connectivity index (χ2v) is 5.25. The summed E-state index contributed by atoms with van der Waals surface area (Å²) in [4.78, 5) is 16.0. The number of hydrogen-bond donors (Lipinski definition) is 1. The van der Waals surface area contributed by atoms with Gasteiger partial charge in [0.1, 0.15) is 11.6 Å². The van der Waals surface area contributed by atoms with Gasteiger partial charge in [0.05, 0.1) is 11.3 Å². The second-order valence-electron chi connectivity index (χ2n) is 5.25. The zero-order valence-electron chi connectivity index (χ0n) is 12.1. The van der Waals surface area contributed by atoms with Crippen molar-refractivity contribution in [1.29, 1.82) is 0 Å². The normalized spacial score (nSPS) is 15.0. The molecule has 1 aliphatic rings. The Morgan fingerprint density at radius 1 is 0.955 bits per heavy atom. The van der Waals surface area contributed by atoms with Crippen molar-refractivity contribution in [2.24, 2.45) is 0 Å². The maximum absolute atomic E-state index is 13.8. The van der Waals surface area contributed by atoms with Crippen molar-refractivity contribution in [2.45, 2.75) is 0 Å². The molecule has 4 nitrogen and oxygen atoms in total. The molecule has 1 fully saturated rings. The van der Waals surface area contributed by atoms with Gasteiger partial charge in [0.25, 0.3) is 5.91 Å². The monoisotopic (exact) mass is 300 g/mol. The van der Waals surface area contributed by atoms with Crippen molar-refractivity contribution in [2.75, 3.05) is 31.1 Å². The lowest BCUT2D eigenvalue weighted by atomic mass is 10.1. The predicted molar refractivity (Wildman–Crippen MR) is 82.6 cm³/mol. The number of piperazine rings is 1. The van der Waals surface area contributed by atoms with Gasteiger partial charge in [-0.2, -0.15) is 0 Å². The van der Waals surface area contributed by atoms with E-state index in [2.05, 4.69) is 0 Å².